The van der Waals surface area contributed by atoms with E-state index in [1.54, 1.807) is 6.92 Å². The Morgan fingerprint density at radius 1 is 1.09 bits per heavy atom. The monoisotopic (exact) mass is 342 g/mol. The fourth-order valence-electron chi connectivity index (χ4n) is 1.84. The highest BCUT2D eigenvalue weighted by atomic mass is 19.4. The van der Waals surface area contributed by atoms with E-state index in [4.69, 9.17) is 5.73 Å². The van der Waals surface area contributed by atoms with Gasteiger partial charge in [0.1, 0.15) is 0 Å². The summed E-state index contributed by atoms with van der Waals surface area (Å²) in [7, 11) is 0. The molecule has 0 saturated heterocycles. The molecule has 0 fully saturated rings. The van der Waals surface area contributed by atoms with Crippen LogP contribution in [0.15, 0.2) is 18.2 Å². The van der Waals surface area contributed by atoms with Crippen LogP contribution < -0.4 is 11.1 Å². The van der Waals surface area contributed by atoms with Gasteiger partial charge in [-0.3, -0.25) is 4.79 Å². The fourth-order valence-corrected chi connectivity index (χ4v) is 1.84. The number of hydrogen-bond donors (Lipinski definition) is 2. The van der Waals surface area contributed by atoms with Gasteiger partial charge in [-0.15, -0.1) is 0 Å². The minimum Gasteiger partial charge on any atom is -0.352 e. The van der Waals surface area contributed by atoms with Crippen LogP contribution in [0.3, 0.4) is 0 Å². The first-order chi connectivity index (χ1) is 10.4. The van der Waals surface area contributed by atoms with Crippen molar-refractivity contribution < 1.29 is 31.1 Å². The number of carbonyl (C=O) groups is 1. The molecular formula is C14H16F6N2O. The van der Waals surface area contributed by atoms with Gasteiger partial charge in [0, 0.05) is 12.1 Å². The molecule has 3 nitrogen and oxygen atoms in total. The van der Waals surface area contributed by atoms with Gasteiger partial charge >= 0.3 is 12.4 Å². The van der Waals surface area contributed by atoms with Crippen LogP contribution in [0.4, 0.5) is 26.3 Å². The van der Waals surface area contributed by atoms with Crippen LogP contribution in [0, 0.1) is 5.92 Å². The van der Waals surface area contributed by atoms with Crippen molar-refractivity contribution in [2.24, 2.45) is 11.7 Å². The molecule has 0 spiro atoms. The average Bonchev–Trinajstić information content (AvgIpc) is 2.42. The van der Waals surface area contributed by atoms with E-state index >= 15 is 0 Å². The Balaban J connectivity index is 3.07. The van der Waals surface area contributed by atoms with Crippen LogP contribution in [0.1, 0.15) is 34.8 Å². The highest BCUT2D eigenvalue weighted by Gasteiger charge is 2.37. The predicted molar refractivity (Wildman–Crippen MR) is 71.6 cm³/mol. The number of halogens is 6. The average molecular weight is 342 g/mol. The molecule has 1 rings (SSSR count). The number of rotatable bonds is 5. The Hall–Kier alpha value is -1.77. The molecule has 0 heterocycles. The van der Waals surface area contributed by atoms with E-state index in [1.165, 1.54) is 0 Å². The summed E-state index contributed by atoms with van der Waals surface area (Å²) in [6.45, 7) is 2.22. The summed E-state index contributed by atoms with van der Waals surface area (Å²) < 4.78 is 76.2. The molecule has 0 aliphatic carbocycles. The van der Waals surface area contributed by atoms with Crippen molar-refractivity contribution in [2.45, 2.75) is 25.7 Å². The van der Waals surface area contributed by atoms with Crippen molar-refractivity contribution in [3.8, 4) is 0 Å². The number of hydrogen-bond acceptors (Lipinski definition) is 2. The molecule has 0 aliphatic heterocycles. The number of nitrogens with two attached hydrogens (primary N) is 1. The number of carbonyl (C=O) groups excluding carboxylic acids is 1. The molecule has 0 radical (unpaired) electrons. The van der Waals surface area contributed by atoms with Gasteiger partial charge in [0.25, 0.3) is 5.91 Å². The molecule has 0 bridgehead atoms. The molecule has 1 atom stereocenters. The standard InChI is InChI=1S/C14H16F6N2O/c1-8(2-3-21)7-22-12(23)9-4-10(13(15,16)17)6-11(5-9)14(18,19)20/h4-6,8H,2-3,7,21H2,1H3,(H,22,23)/t8-/m0/s1. The van der Waals surface area contributed by atoms with Crippen molar-refractivity contribution in [1.29, 1.82) is 0 Å². The quantitative estimate of drug-likeness (QED) is 0.806. The lowest BCUT2D eigenvalue weighted by Crippen LogP contribution is -2.29. The summed E-state index contributed by atoms with van der Waals surface area (Å²) in [4.78, 5) is 11.8. The lowest BCUT2D eigenvalue weighted by Gasteiger charge is -2.15. The van der Waals surface area contributed by atoms with Crippen molar-refractivity contribution in [1.82, 2.24) is 5.32 Å². The van der Waals surface area contributed by atoms with Crippen LogP contribution >= 0.6 is 0 Å². The van der Waals surface area contributed by atoms with Gasteiger partial charge in [-0.25, -0.2) is 0 Å². The molecule has 3 N–H and O–H groups in total. The summed E-state index contributed by atoms with van der Waals surface area (Å²) in [5.74, 6) is -1.04. The van der Waals surface area contributed by atoms with Crippen LogP contribution in [0.5, 0.6) is 0 Å². The maximum absolute atomic E-state index is 12.7. The maximum atomic E-state index is 12.7. The van der Waals surface area contributed by atoms with Crippen LogP contribution in [-0.4, -0.2) is 19.0 Å². The Bertz CT molecular complexity index is 521. The summed E-state index contributed by atoms with van der Waals surface area (Å²) in [5, 5.41) is 2.31. The Kier molecular flexibility index (Phi) is 6.04. The molecule has 0 saturated carbocycles. The zero-order chi connectivity index (χ0) is 17.8. The highest BCUT2D eigenvalue weighted by Crippen LogP contribution is 2.36. The third kappa shape index (κ3) is 5.74. The van der Waals surface area contributed by atoms with E-state index in [0.717, 1.165) is 0 Å². The third-order valence-electron chi connectivity index (χ3n) is 3.12. The molecule has 9 heteroatoms. The maximum Gasteiger partial charge on any atom is 0.416 e. The van der Waals surface area contributed by atoms with E-state index in [-0.39, 0.29) is 18.5 Å². The minimum atomic E-state index is -4.98. The van der Waals surface area contributed by atoms with Gasteiger partial charge in [-0.05, 0) is 37.1 Å². The SMILES string of the molecule is C[C@@H](CCN)CNC(=O)c1cc(C(F)(F)F)cc(C(F)(F)F)c1. The van der Waals surface area contributed by atoms with Crippen LogP contribution in [0.2, 0.25) is 0 Å². The van der Waals surface area contributed by atoms with Gasteiger partial charge in [0.15, 0.2) is 0 Å². The number of benzene rings is 1. The predicted octanol–water partition coefficient (Wildman–Crippen LogP) is 3.44. The molecule has 23 heavy (non-hydrogen) atoms. The molecule has 0 aliphatic rings. The lowest BCUT2D eigenvalue weighted by atomic mass is 10.0. The largest absolute Gasteiger partial charge is 0.416 e. The van der Waals surface area contributed by atoms with E-state index in [9.17, 15) is 31.1 Å². The molecule has 1 aromatic rings. The second kappa shape index (κ2) is 7.20. The summed E-state index contributed by atoms with van der Waals surface area (Å²) >= 11 is 0. The van der Waals surface area contributed by atoms with Crippen molar-refractivity contribution in [3.63, 3.8) is 0 Å². The molecular weight excluding hydrogens is 326 g/mol. The zero-order valence-electron chi connectivity index (χ0n) is 12.2. The molecule has 1 amide bonds. The Morgan fingerprint density at radius 2 is 1.57 bits per heavy atom. The Morgan fingerprint density at radius 3 is 1.96 bits per heavy atom. The number of amides is 1. The normalized spacial score (nSPS) is 13.7. The summed E-state index contributed by atoms with van der Waals surface area (Å²) in [6, 6.07) is 0.782. The summed E-state index contributed by atoms with van der Waals surface area (Å²) in [5.41, 5.74) is 1.59. The number of alkyl halides is 6. The van der Waals surface area contributed by atoms with E-state index < -0.39 is 35.0 Å². The van der Waals surface area contributed by atoms with Crippen molar-refractivity contribution in [2.75, 3.05) is 13.1 Å². The highest BCUT2D eigenvalue weighted by molar-refractivity contribution is 5.94. The second-order valence-electron chi connectivity index (χ2n) is 5.19. The zero-order valence-corrected chi connectivity index (χ0v) is 12.2. The first-order valence-electron chi connectivity index (χ1n) is 6.73. The smallest absolute Gasteiger partial charge is 0.352 e. The summed E-state index contributed by atoms with van der Waals surface area (Å²) in [6.07, 6.45) is -9.40. The van der Waals surface area contributed by atoms with E-state index in [1.807, 2.05) is 0 Å². The molecule has 0 aromatic heterocycles. The van der Waals surface area contributed by atoms with Crippen LogP contribution in [0.25, 0.3) is 0 Å². The van der Waals surface area contributed by atoms with E-state index in [0.29, 0.717) is 25.1 Å². The van der Waals surface area contributed by atoms with Crippen molar-refractivity contribution in [3.05, 3.63) is 34.9 Å². The minimum absolute atomic E-state index is 0.0200. The number of nitrogens with one attached hydrogen (secondary N) is 1. The lowest BCUT2D eigenvalue weighted by molar-refractivity contribution is -0.143. The van der Waals surface area contributed by atoms with Gasteiger partial charge in [0.2, 0.25) is 0 Å². The van der Waals surface area contributed by atoms with Crippen molar-refractivity contribution >= 4 is 5.91 Å². The Labute approximate surface area is 128 Å². The molecule has 0 unspecified atom stereocenters. The first kappa shape index (κ1) is 19.3. The topological polar surface area (TPSA) is 55.1 Å². The van der Waals surface area contributed by atoms with Gasteiger partial charge in [0.05, 0.1) is 11.1 Å². The van der Waals surface area contributed by atoms with Gasteiger partial charge < -0.3 is 11.1 Å². The van der Waals surface area contributed by atoms with E-state index in [2.05, 4.69) is 5.32 Å². The molecule has 130 valence electrons. The first-order valence-corrected chi connectivity index (χ1v) is 6.73. The van der Waals surface area contributed by atoms with Crippen LogP contribution in [-0.2, 0) is 12.4 Å². The second-order valence-corrected chi connectivity index (χ2v) is 5.19. The van der Waals surface area contributed by atoms with Gasteiger partial charge in [-0.2, -0.15) is 26.3 Å². The fraction of sp³-hybridized carbons (Fsp3) is 0.500. The third-order valence-corrected chi connectivity index (χ3v) is 3.12. The van der Waals surface area contributed by atoms with Gasteiger partial charge in [-0.1, -0.05) is 6.92 Å². The molecule has 1 aromatic carbocycles.